The highest BCUT2D eigenvalue weighted by Crippen LogP contribution is 2.34. The normalized spacial score (nSPS) is 13.7. The highest BCUT2D eigenvalue weighted by Gasteiger charge is 2.40. The molecule has 0 radical (unpaired) electrons. The minimum absolute atomic E-state index is 0.0301. The molecule has 1 aliphatic rings. The number of anilines is 2. The number of benzene rings is 3. The van der Waals surface area contributed by atoms with Crippen molar-refractivity contribution in [2.75, 3.05) is 17.3 Å². The Morgan fingerprint density at radius 2 is 1.41 bits per heavy atom. The summed E-state index contributed by atoms with van der Waals surface area (Å²) in [6, 6.07) is 23.3. The van der Waals surface area contributed by atoms with E-state index in [1.165, 1.54) is 4.90 Å². The van der Waals surface area contributed by atoms with Gasteiger partial charge in [0.15, 0.2) is 0 Å². The topological polar surface area (TPSA) is 67.9 Å². The summed E-state index contributed by atoms with van der Waals surface area (Å²) in [7, 11) is 1.59. The summed E-state index contributed by atoms with van der Waals surface area (Å²) in [6.45, 7) is 3.88. The second kappa shape index (κ2) is 8.98. The van der Waals surface area contributed by atoms with Crippen molar-refractivity contribution >= 4 is 28.8 Å². The molecule has 32 heavy (non-hydrogen) atoms. The maximum Gasteiger partial charge on any atom is 0.282 e. The van der Waals surface area contributed by atoms with Gasteiger partial charge in [-0.25, -0.2) is 4.90 Å². The molecule has 2 amide bonds. The second-order valence-corrected chi connectivity index (χ2v) is 7.58. The second-order valence-electron chi connectivity index (χ2n) is 7.58. The van der Waals surface area contributed by atoms with Gasteiger partial charge in [-0.3, -0.25) is 9.59 Å². The Balaban J connectivity index is 1.71. The Hall–Kier alpha value is -4.06. The minimum Gasteiger partial charge on any atom is -0.497 e. The Bertz CT molecular complexity index is 1150. The predicted molar refractivity (Wildman–Crippen MR) is 125 cm³/mol. The molecule has 0 unspecified atom stereocenters. The van der Waals surface area contributed by atoms with Gasteiger partial charge in [0.05, 0.1) is 24.5 Å². The van der Waals surface area contributed by atoms with Crippen LogP contribution < -0.4 is 19.7 Å². The van der Waals surface area contributed by atoms with Crippen molar-refractivity contribution in [3.05, 3.63) is 90.1 Å². The molecule has 6 heteroatoms. The number of rotatable bonds is 7. The molecule has 3 aromatic carbocycles. The maximum absolute atomic E-state index is 13.4. The zero-order chi connectivity index (χ0) is 22.7. The molecule has 1 heterocycles. The molecule has 0 aromatic heterocycles. The summed E-state index contributed by atoms with van der Waals surface area (Å²) >= 11 is 0. The Kier molecular flexibility index (Phi) is 5.94. The molecule has 162 valence electrons. The zero-order valence-electron chi connectivity index (χ0n) is 18.2. The van der Waals surface area contributed by atoms with Gasteiger partial charge in [0.25, 0.3) is 11.8 Å². The largest absolute Gasteiger partial charge is 0.497 e. The third-order valence-corrected chi connectivity index (χ3v) is 4.97. The van der Waals surface area contributed by atoms with Crippen molar-refractivity contribution in [2.45, 2.75) is 20.0 Å². The van der Waals surface area contributed by atoms with Crippen LogP contribution in [-0.4, -0.2) is 25.0 Å². The number of nitrogens with zero attached hydrogens (tertiary/aromatic N) is 1. The lowest BCUT2D eigenvalue weighted by atomic mass is 10.0. The van der Waals surface area contributed by atoms with Crippen molar-refractivity contribution in [3.8, 4) is 11.5 Å². The first-order valence-corrected chi connectivity index (χ1v) is 10.3. The van der Waals surface area contributed by atoms with Gasteiger partial charge < -0.3 is 14.8 Å². The van der Waals surface area contributed by atoms with Gasteiger partial charge in [0, 0.05) is 5.69 Å². The van der Waals surface area contributed by atoms with Gasteiger partial charge in [-0.15, -0.1) is 0 Å². The van der Waals surface area contributed by atoms with Crippen LogP contribution in [0.15, 0.2) is 84.6 Å². The summed E-state index contributed by atoms with van der Waals surface area (Å²) < 4.78 is 10.9. The fourth-order valence-corrected chi connectivity index (χ4v) is 3.52. The summed E-state index contributed by atoms with van der Waals surface area (Å²) in [6.07, 6.45) is 0.0301. The van der Waals surface area contributed by atoms with Crippen LogP contribution in [0, 0.1) is 0 Å². The fraction of sp³-hybridized carbons (Fsp3) is 0.154. The molecule has 1 aliphatic heterocycles. The lowest BCUT2D eigenvalue weighted by Gasteiger charge is -2.17. The number of hydrogen-bond donors (Lipinski definition) is 1. The third kappa shape index (κ3) is 4.21. The van der Waals surface area contributed by atoms with Crippen molar-refractivity contribution in [1.82, 2.24) is 0 Å². The zero-order valence-corrected chi connectivity index (χ0v) is 18.2. The molecule has 0 spiro atoms. The molecule has 0 bridgehead atoms. The molecule has 0 saturated carbocycles. The number of carbonyl (C=O) groups is 2. The highest BCUT2D eigenvalue weighted by atomic mass is 16.5. The molecule has 0 atom stereocenters. The van der Waals surface area contributed by atoms with E-state index in [4.69, 9.17) is 9.47 Å². The first-order chi connectivity index (χ1) is 15.5. The summed E-state index contributed by atoms with van der Waals surface area (Å²) in [5, 5.41) is 3.15. The number of hydrogen-bond acceptors (Lipinski definition) is 5. The van der Waals surface area contributed by atoms with Crippen LogP contribution in [0.25, 0.3) is 5.57 Å². The van der Waals surface area contributed by atoms with Gasteiger partial charge in [0.1, 0.15) is 17.2 Å². The number of methoxy groups -OCH3 is 1. The summed E-state index contributed by atoms with van der Waals surface area (Å²) in [4.78, 5) is 28.0. The van der Waals surface area contributed by atoms with E-state index in [1.54, 1.807) is 55.6 Å². The predicted octanol–water partition coefficient (Wildman–Crippen LogP) is 4.88. The molecule has 0 saturated heterocycles. The highest BCUT2D eigenvalue weighted by molar-refractivity contribution is 6.46. The molecule has 0 aliphatic carbocycles. The molecule has 6 nitrogen and oxygen atoms in total. The Morgan fingerprint density at radius 1 is 0.781 bits per heavy atom. The number of ether oxygens (including phenoxy) is 2. The quantitative estimate of drug-likeness (QED) is 0.544. The van der Waals surface area contributed by atoms with Crippen LogP contribution >= 0.6 is 0 Å². The smallest absolute Gasteiger partial charge is 0.282 e. The summed E-state index contributed by atoms with van der Waals surface area (Å²) in [5.41, 5.74) is 2.39. The average Bonchev–Trinajstić information content (AvgIpc) is 3.04. The lowest BCUT2D eigenvalue weighted by molar-refractivity contribution is -0.120. The van der Waals surface area contributed by atoms with Gasteiger partial charge >= 0.3 is 0 Å². The lowest BCUT2D eigenvalue weighted by Crippen LogP contribution is -2.32. The van der Waals surface area contributed by atoms with E-state index in [2.05, 4.69) is 5.32 Å². The van der Waals surface area contributed by atoms with Crippen LogP contribution in [0.5, 0.6) is 11.5 Å². The molecular formula is C26H24N2O4. The van der Waals surface area contributed by atoms with Gasteiger partial charge in [0.2, 0.25) is 0 Å². The van der Waals surface area contributed by atoms with Crippen LogP contribution in [0.1, 0.15) is 19.4 Å². The van der Waals surface area contributed by atoms with E-state index < -0.39 is 5.91 Å². The van der Waals surface area contributed by atoms with E-state index in [0.29, 0.717) is 34.0 Å². The average molecular weight is 428 g/mol. The first-order valence-electron chi connectivity index (χ1n) is 10.3. The van der Waals surface area contributed by atoms with Crippen LogP contribution in [0.3, 0.4) is 0 Å². The van der Waals surface area contributed by atoms with E-state index in [1.807, 2.05) is 44.2 Å². The molecule has 4 rings (SSSR count). The van der Waals surface area contributed by atoms with Crippen molar-refractivity contribution in [1.29, 1.82) is 0 Å². The van der Waals surface area contributed by atoms with Gasteiger partial charge in [-0.2, -0.15) is 0 Å². The Labute approximate surface area is 187 Å². The number of nitrogens with one attached hydrogen (secondary N) is 1. The van der Waals surface area contributed by atoms with Crippen molar-refractivity contribution in [2.24, 2.45) is 0 Å². The first kappa shape index (κ1) is 21.2. The minimum atomic E-state index is -0.415. The molecule has 0 fully saturated rings. The van der Waals surface area contributed by atoms with E-state index in [9.17, 15) is 9.59 Å². The van der Waals surface area contributed by atoms with E-state index >= 15 is 0 Å². The van der Waals surface area contributed by atoms with Crippen molar-refractivity contribution < 1.29 is 19.1 Å². The maximum atomic E-state index is 13.4. The van der Waals surface area contributed by atoms with Crippen molar-refractivity contribution in [3.63, 3.8) is 0 Å². The van der Waals surface area contributed by atoms with Gasteiger partial charge in [-0.05, 0) is 67.9 Å². The number of carbonyl (C=O) groups excluding carboxylic acids is 2. The standard InChI is InChI=1S/C26H24N2O4/c1-17(2)32-22-15-11-20(12-16-22)28-25(29)23(18-7-5-4-6-8-18)24(26(28)30)27-19-9-13-21(31-3)14-10-19/h4-17,27H,1-3H3. The molecule has 3 aromatic rings. The van der Waals surface area contributed by atoms with Crippen LogP contribution in [0.4, 0.5) is 11.4 Å². The molecule has 1 N–H and O–H groups in total. The number of imide groups is 1. The summed E-state index contributed by atoms with van der Waals surface area (Å²) in [5.74, 6) is 0.583. The molecular weight excluding hydrogens is 404 g/mol. The van der Waals surface area contributed by atoms with Gasteiger partial charge in [-0.1, -0.05) is 30.3 Å². The van der Waals surface area contributed by atoms with E-state index in [0.717, 1.165) is 0 Å². The fourth-order valence-electron chi connectivity index (χ4n) is 3.52. The van der Waals surface area contributed by atoms with E-state index in [-0.39, 0.29) is 17.7 Å². The third-order valence-electron chi connectivity index (χ3n) is 4.97. The SMILES string of the molecule is COc1ccc(NC2=C(c3ccccc3)C(=O)N(c3ccc(OC(C)C)cc3)C2=O)cc1. The van der Waals surface area contributed by atoms with Crippen LogP contribution in [-0.2, 0) is 9.59 Å². The monoisotopic (exact) mass is 428 g/mol. The number of amides is 2. The van der Waals surface area contributed by atoms with Crippen LogP contribution in [0.2, 0.25) is 0 Å². The Morgan fingerprint density at radius 3 is 2.00 bits per heavy atom.